The van der Waals surface area contributed by atoms with Crippen LogP contribution < -0.4 is 0 Å². The van der Waals surface area contributed by atoms with Crippen LogP contribution in [0.5, 0.6) is 0 Å². The molecule has 1 rings (SSSR count). The van der Waals surface area contributed by atoms with E-state index < -0.39 is 0 Å². The van der Waals surface area contributed by atoms with Gasteiger partial charge in [-0.15, -0.1) is 0 Å². The van der Waals surface area contributed by atoms with Gasteiger partial charge in [-0.1, -0.05) is 38.8 Å². The topological polar surface area (TPSA) is 29.0 Å². The molecule has 0 unspecified atom stereocenters. The lowest BCUT2D eigenvalue weighted by Gasteiger charge is -2.17. The van der Waals surface area contributed by atoms with E-state index in [2.05, 4.69) is 58.2 Å². The Hall–Kier alpha value is 0.0600. The van der Waals surface area contributed by atoms with Gasteiger partial charge in [0.2, 0.25) is 0 Å². The van der Waals surface area contributed by atoms with Crippen molar-refractivity contribution in [3.63, 3.8) is 0 Å². The summed E-state index contributed by atoms with van der Waals surface area (Å²) in [6, 6.07) is 0. The van der Waals surface area contributed by atoms with E-state index in [1.54, 1.807) is 0 Å². The van der Waals surface area contributed by atoms with E-state index in [4.69, 9.17) is 11.6 Å². The van der Waals surface area contributed by atoms with Gasteiger partial charge in [-0.2, -0.15) is 0 Å². The van der Waals surface area contributed by atoms with Crippen LogP contribution >= 0.6 is 34.2 Å². The van der Waals surface area contributed by atoms with Crippen LogP contribution in [-0.2, 0) is 12.8 Å². The Morgan fingerprint density at radius 1 is 1.11 bits per heavy atom. The minimum Gasteiger partial charge on any atom is -0.303 e. The molecule has 5 heteroatoms. The van der Waals surface area contributed by atoms with Gasteiger partial charge in [0, 0.05) is 13.0 Å². The largest absolute Gasteiger partial charge is 0.303 e. The second-order valence-corrected chi connectivity index (χ2v) is 5.65. The molecule has 0 fully saturated rings. The fourth-order valence-corrected chi connectivity index (χ4v) is 2.54. The highest BCUT2D eigenvalue weighted by Gasteiger charge is 2.10. The molecule has 0 saturated carbocycles. The van der Waals surface area contributed by atoms with Crippen molar-refractivity contribution in [3.8, 4) is 0 Å². The molecule has 1 heterocycles. The predicted molar refractivity (Wildman–Crippen MR) is 85.2 cm³/mol. The summed E-state index contributed by atoms with van der Waals surface area (Å²) < 4.78 is 1.00. The Morgan fingerprint density at radius 3 is 2.33 bits per heavy atom. The van der Waals surface area contributed by atoms with Gasteiger partial charge in [-0.05, 0) is 42.1 Å². The fourth-order valence-electron chi connectivity index (χ4n) is 1.82. The monoisotopic (exact) mass is 381 g/mol. The lowest BCUT2D eigenvalue weighted by molar-refractivity contribution is 0.305. The van der Waals surface area contributed by atoms with Crippen molar-refractivity contribution in [3.05, 3.63) is 20.2 Å². The number of hydrogen-bond donors (Lipinski definition) is 0. The fraction of sp³-hybridized carbons (Fsp3) is 0.692. The summed E-state index contributed by atoms with van der Waals surface area (Å²) >= 11 is 8.40. The lowest BCUT2D eigenvalue weighted by atomic mass is 10.2. The first-order valence-electron chi connectivity index (χ1n) is 6.55. The summed E-state index contributed by atoms with van der Waals surface area (Å²) in [5.74, 6) is 0.871. The molecule has 0 amide bonds. The van der Waals surface area contributed by atoms with Gasteiger partial charge >= 0.3 is 0 Å². The molecule has 0 spiro atoms. The average molecular weight is 382 g/mol. The summed E-state index contributed by atoms with van der Waals surface area (Å²) in [5, 5.41) is 0.601. The third-order valence-corrected chi connectivity index (χ3v) is 4.68. The van der Waals surface area contributed by atoms with Crippen LogP contribution in [0.4, 0.5) is 0 Å². The first-order valence-corrected chi connectivity index (χ1v) is 8.01. The number of hydrogen-bond acceptors (Lipinski definition) is 3. The third kappa shape index (κ3) is 4.63. The molecule has 0 radical (unpaired) electrons. The maximum absolute atomic E-state index is 6.17. The Bertz CT molecular complexity index is 381. The SMILES string of the molecule is CCCc1nc(CCN(CC)CC)nc(Cl)c1I. The molecule has 0 aliphatic carbocycles. The minimum absolute atomic E-state index is 0.601. The van der Waals surface area contributed by atoms with E-state index in [1.807, 2.05) is 0 Å². The molecule has 0 bridgehead atoms. The second-order valence-electron chi connectivity index (χ2n) is 4.22. The maximum atomic E-state index is 6.17. The summed E-state index contributed by atoms with van der Waals surface area (Å²) in [6.07, 6.45) is 2.92. The Kier molecular flexibility index (Phi) is 7.41. The van der Waals surface area contributed by atoms with E-state index >= 15 is 0 Å². The lowest BCUT2D eigenvalue weighted by Crippen LogP contribution is -2.26. The summed E-state index contributed by atoms with van der Waals surface area (Å²) in [6.45, 7) is 9.63. The molecule has 0 aliphatic heterocycles. The van der Waals surface area contributed by atoms with E-state index in [0.717, 1.165) is 54.0 Å². The van der Waals surface area contributed by atoms with Crippen molar-refractivity contribution in [2.24, 2.45) is 0 Å². The van der Waals surface area contributed by atoms with Crippen LogP contribution in [0.25, 0.3) is 0 Å². The number of rotatable bonds is 7. The molecular formula is C13H21ClIN3. The van der Waals surface area contributed by atoms with Gasteiger partial charge in [0.05, 0.1) is 9.26 Å². The molecule has 0 saturated heterocycles. The molecule has 102 valence electrons. The minimum atomic E-state index is 0.601. The average Bonchev–Trinajstić information content (AvgIpc) is 2.36. The number of likely N-dealkylation sites (N-methyl/N-ethyl adjacent to an activating group) is 1. The standard InChI is InChI=1S/C13H21ClIN3/c1-4-7-10-12(15)13(14)17-11(16-10)8-9-18(5-2)6-3/h4-9H2,1-3H3. The summed E-state index contributed by atoms with van der Waals surface area (Å²) in [4.78, 5) is 11.4. The molecule has 3 nitrogen and oxygen atoms in total. The Morgan fingerprint density at radius 2 is 1.78 bits per heavy atom. The Labute approximate surface area is 128 Å². The van der Waals surface area contributed by atoms with Crippen LogP contribution in [-0.4, -0.2) is 34.5 Å². The van der Waals surface area contributed by atoms with Gasteiger partial charge in [0.25, 0.3) is 0 Å². The van der Waals surface area contributed by atoms with Crippen LogP contribution in [0.1, 0.15) is 38.7 Å². The zero-order chi connectivity index (χ0) is 13.5. The van der Waals surface area contributed by atoms with E-state index in [9.17, 15) is 0 Å². The second kappa shape index (κ2) is 8.27. The van der Waals surface area contributed by atoms with Crippen molar-refractivity contribution in [2.75, 3.05) is 19.6 Å². The van der Waals surface area contributed by atoms with Crippen molar-refractivity contribution in [2.45, 2.75) is 40.0 Å². The van der Waals surface area contributed by atoms with Crippen molar-refractivity contribution in [1.29, 1.82) is 0 Å². The number of aryl methyl sites for hydroxylation is 1. The van der Waals surface area contributed by atoms with E-state index in [-0.39, 0.29) is 0 Å². The zero-order valence-electron chi connectivity index (χ0n) is 11.3. The molecule has 0 aliphatic rings. The Balaban J connectivity index is 2.77. The predicted octanol–water partition coefficient (Wildman–Crippen LogP) is 3.57. The van der Waals surface area contributed by atoms with E-state index in [0.29, 0.717) is 5.15 Å². The summed E-state index contributed by atoms with van der Waals surface area (Å²) in [5.41, 5.74) is 1.09. The van der Waals surface area contributed by atoms with Gasteiger partial charge in [-0.3, -0.25) is 0 Å². The van der Waals surface area contributed by atoms with E-state index in [1.165, 1.54) is 0 Å². The molecule has 0 atom stereocenters. The molecular weight excluding hydrogens is 361 g/mol. The molecule has 1 aromatic heterocycles. The highest BCUT2D eigenvalue weighted by molar-refractivity contribution is 14.1. The highest BCUT2D eigenvalue weighted by Crippen LogP contribution is 2.20. The van der Waals surface area contributed by atoms with Gasteiger partial charge in [-0.25, -0.2) is 9.97 Å². The first-order chi connectivity index (χ1) is 8.62. The quantitative estimate of drug-likeness (QED) is 0.534. The van der Waals surface area contributed by atoms with Gasteiger partial charge < -0.3 is 4.90 Å². The summed E-state index contributed by atoms with van der Waals surface area (Å²) in [7, 11) is 0. The highest BCUT2D eigenvalue weighted by atomic mass is 127. The maximum Gasteiger partial charge on any atom is 0.146 e. The smallest absolute Gasteiger partial charge is 0.146 e. The first kappa shape index (κ1) is 16.1. The third-order valence-electron chi connectivity index (χ3n) is 2.96. The van der Waals surface area contributed by atoms with Gasteiger partial charge in [0.1, 0.15) is 11.0 Å². The zero-order valence-corrected chi connectivity index (χ0v) is 14.3. The van der Waals surface area contributed by atoms with Crippen molar-refractivity contribution < 1.29 is 0 Å². The number of halogens is 2. The number of nitrogens with zero attached hydrogens (tertiary/aromatic N) is 3. The molecule has 0 aromatic carbocycles. The molecule has 0 N–H and O–H groups in total. The molecule has 18 heavy (non-hydrogen) atoms. The normalized spacial score (nSPS) is 11.2. The molecule has 1 aromatic rings. The van der Waals surface area contributed by atoms with Gasteiger partial charge in [0.15, 0.2) is 0 Å². The van der Waals surface area contributed by atoms with Crippen LogP contribution in [0.3, 0.4) is 0 Å². The van der Waals surface area contributed by atoms with Crippen LogP contribution in [0.2, 0.25) is 5.15 Å². The van der Waals surface area contributed by atoms with Crippen LogP contribution in [0.15, 0.2) is 0 Å². The van der Waals surface area contributed by atoms with Crippen molar-refractivity contribution >= 4 is 34.2 Å². The van der Waals surface area contributed by atoms with Crippen molar-refractivity contribution in [1.82, 2.24) is 14.9 Å². The number of aromatic nitrogens is 2. The van der Waals surface area contributed by atoms with Crippen LogP contribution in [0, 0.1) is 3.57 Å².